The first-order chi connectivity index (χ1) is 8.29. The molecule has 0 atom stereocenters. The van der Waals surface area contributed by atoms with Crippen LogP contribution in [0.5, 0.6) is 5.75 Å². The maximum atomic E-state index is 12.1. The van der Waals surface area contributed by atoms with Crippen molar-refractivity contribution in [2.45, 2.75) is 6.36 Å². The smallest absolute Gasteiger partial charge is 0.405 e. The molecule has 1 rings (SSSR count). The second kappa shape index (κ2) is 6.01. The number of hydrazone groups is 1. The number of hydrogen-bond acceptors (Lipinski definition) is 3. The number of nitrogens with two attached hydrogens (primary N) is 1. The van der Waals surface area contributed by atoms with Gasteiger partial charge in [0.25, 0.3) is 0 Å². The highest BCUT2D eigenvalue weighted by Crippen LogP contribution is 2.32. The van der Waals surface area contributed by atoms with Crippen molar-refractivity contribution < 1.29 is 17.9 Å². The van der Waals surface area contributed by atoms with E-state index >= 15 is 0 Å². The van der Waals surface area contributed by atoms with Crippen LogP contribution in [0.2, 0.25) is 0 Å². The third-order valence-electron chi connectivity index (χ3n) is 1.60. The van der Waals surface area contributed by atoms with Crippen LogP contribution in [0.4, 0.5) is 13.2 Å². The van der Waals surface area contributed by atoms with Gasteiger partial charge in [0.15, 0.2) is 5.11 Å². The molecule has 0 unspecified atom stereocenters. The van der Waals surface area contributed by atoms with Crippen LogP contribution in [0.15, 0.2) is 27.8 Å². The van der Waals surface area contributed by atoms with Gasteiger partial charge in [0.05, 0.1) is 10.7 Å². The summed E-state index contributed by atoms with van der Waals surface area (Å²) in [4.78, 5) is 0. The van der Waals surface area contributed by atoms with Crippen LogP contribution in [0.3, 0.4) is 0 Å². The van der Waals surface area contributed by atoms with Crippen LogP contribution in [0.25, 0.3) is 0 Å². The van der Waals surface area contributed by atoms with Crippen molar-refractivity contribution in [3.63, 3.8) is 0 Å². The van der Waals surface area contributed by atoms with Crippen LogP contribution in [0, 0.1) is 0 Å². The molecule has 0 fully saturated rings. The summed E-state index contributed by atoms with van der Waals surface area (Å²) in [7, 11) is 0. The third kappa shape index (κ3) is 4.88. The maximum Gasteiger partial charge on any atom is 0.573 e. The Morgan fingerprint density at radius 3 is 2.72 bits per heavy atom. The molecule has 0 aliphatic rings. The lowest BCUT2D eigenvalue weighted by Crippen LogP contribution is -2.24. The number of hydrogen-bond donors (Lipinski definition) is 2. The van der Waals surface area contributed by atoms with Crippen molar-refractivity contribution in [1.82, 2.24) is 5.43 Å². The summed E-state index contributed by atoms with van der Waals surface area (Å²) < 4.78 is 40.2. The van der Waals surface area contributed by atoms with Crippen LogP contribution < -0.4 is 15.9 Å². The van der Waals surface area contributed by atoms with E-state index in [1.807, 2.05) is 0 Å². The lowest BCUT2D eigenvalue weighted by Gasteiger charge is -2.11. The Hall–Kier alpha value is -1.35. The Kier molecular flexibility index (Phi) is 4.91. The van der Waals surface area contributed by atoms with Gasteiger partial charge in [-0.25, -0.2) is 0 Å². The minimum Gasteiger partial charge on any atom is -0.405 e. The number of nitrogens with zero attached hydrogens (tertiary/aromatic N) is 1. The molecule has 4 nitrogen and oxygen atoms in total. The van der Waals surface area contributed by atoms with E-state index in [1.54, 1.807) is 0 Å². The monoisotopic (exact) mass is 341 g/mol. The molecular formula is C9H7BrF3N3OS. The van der Waals surface area contributed by atoms with E-state index in [2.05, 4.69) is 43.4 Å². The number of rotatable bonds is 3. The number of ether oxygens (including phenoxy) is 1. The summed E-state index contributed by atoms with van der Waals surface area (Å²) in [5.74, 6) is -0.359. The van der Waals surface area contributed by atoms with Gasteiger partial charge in [0.2, 0.25) is 0 Å². The van der Waals surface area contributed by atoms with Gasteiger partial charge in [-0.3, -0.25) is 5.43 Å². The molecule has 0 aliphatic carbocycles. The SMILES string of the molecule is NC(=S)NN=Cc1cccc(OC(F)(F)F)c1Br. The van der Waals surface area contributed by atoms with Gasteiger partial charge in [-0.15, -0.1) is 13.2 Å². The van der Waals surface area contributed by atoms with Crippen molar-refractivity contribution in [2.75, 3.05) is 0 Å². The van der Waals surface area contributed by atoms with E-state index in [-0.39, 0.29) is 15.3 Å². The summed E-state index contributed by atoms with van der Waals surface area (Å²) in [6.45, 7) is 0. The molecule has 0 heterocycles. The summed E-state index contributed by atoms with van der Waals surface area (Å²) in [5, 5.41) is 3.58. The fourth-order valence-corrected chi connectivity index (χ4v) is 1.50. The Morgan fingerprint density at radius 2 is 2.17 bits per heavy atom. The van der Waals surface area contributed by atoms with Crippen LogP contribution in [-0.4, -0.2) is 17.7 Å². The normalized spacial score (nSPS) is 11.6. The van der Waals surface area contributed by atoms with E-state index in [0.29, 0.717) is 5.56 Å². The third-order valence-corrected chi connectivity index (χ3v) is 2.54. The van der Waals surface area contributed by atoms with E-state index in [9.17, 15) is 13.2 Å². The van der Waals surface area contributed by atoms with Crippen molar-refractivity contribution in [1.29, 1.82) is 0 Å². The highest BCUT2D eigenvalue weighted by atomic mass is 79.9. The fraction of sp³-hybridized carbons (Fsp3) is 0.111. The number of halogens is 4. The van der Waals surface area contributed by atoms with E-state index in [0.717, 1.165) is 0 Å². The summed E-state index contributed by atoms with van der Waals surface area (Å²) in [6.07, 6.45) is -3.50. The molecule has 0 saturated carbocycles. The zero-order valence-corrected chi connectivity index (χ0v) is 11.1. The van der Waals surface area contributed by atoms with Crippen LogP contribution >= 0.6 is 28.1 Å². The Morgan fingerprint density at radius 1 is 1.50 bits per heavy atom. The van der Waals surface area contributed by atoms with Crippen molar-refractivity contribution in [2.24, 2.45) is 10.8 Å². The maximum absolute atomic E-state index is 12.1. The van der Waals surface area contributed by atoms with Gasteiger partial charge in [-0.1, -0.05) is 12.1 Å². The predicted octanol–water partition coefficient (Wildman–Crippen LogP) is 2.51. The van der Waals surface area contributed by atoms with Gasteiger partial charge in [-0.05, 0) is 34.2 Å². The summed E-state index contributed by atoms with van der Waals surface area (Å²) >= 11 is 7.50. The standard InChI is InChI=1S/C9H7BrF3N3OS/c10-7-5(4-15-16-8(14)18)2-1-3-6(7)17-9(11,12)13/h1-4H,(H3,14,16,18). The number of alkyl halides is 3. The minimum atomic E-state index is -4.75. The molecule has 0 aromatic heterocycles. The molecule has 0 saturated heterocycles. The van der Waals surface area contributed by atoms with Crippen LogP contribution in [0.1, 0.15) is 5.56 Å². The quantitative estimate of drug-likeness (QED) is 0.504. The molecule has 1 aromatic carbocycles. The summed E-state index contributed by atoms with van der Waals surface area (Å²) in [5.41, 5.74) is 7.79. The van der Waals surface area contributed by atoms with E-state index < -0.39 is 6.36 Å². The van der Waals surface area contributed by atoms with Crippen molar-refractivity contribution in [3.8, 4) is 5.75 Å². The van der Waals surface area contributed by atoms with E-state index in [4.69, 9.17) is 5.73 Å². The fourth-order valence-electron chi connectivity index (χ4n) is 0.996. The summed E-state index contributed by atoms with van der Waals surface area (Å²) in [6, 6.07) is 4.11. The topological polar surface area (TPSA) is 59.6 Å². The predicted molar refractivity (Wildman–Crippen MR) is 68.3 cm³/mol. The molecule has 9 heteroatoms. The largest absolute Gasteiger partial charge is 0.573 e. The van der Waals surface area contributed by atoms with Gasteiger partial charge in [0.1, 0.15) is 5.75 Å². The minimum absolute atomic E-state index is 0.0509. The molecule has 0 bridgehead atoms. The van der Waals surface area contributed by atoms with Crippen molar-refractivity contribution >= 4 is 39.5 Å². The van der Waals surface area contributed by atoms with Gasteiger partial charge in [-0.2, -0.15) is 5.10 Å². The molecule has 18 heavy (non-hydrogen) atoms. The lowest BCUT2D eigenvalue weighted by atomic mass is 10.2. The first-order valence-corrected chi connectivity index (χ1v) is 5.62. The molecule has 0 radical (unpaired) electrons. The molecule has 0 amide bonds. The molecule has 1 aromatic rings. The van der Waals surface area contributed by atoms with Crippen LogP contribution in [-0.2, 0) is 0 Å². The number of benzene rings is 1. The van der Waals surface area contributed by atoms with Crippen molar-refractivity contribution in [3.05, 3.63) is 28.2 Å². The lowest BCUT2D eigenvalue weighted by molar-refractivity contribution is -0.274. The first kappa shape index (κ1) is 14.7. The Labute approximate surface area is 114 Å². The Balaban J connectivity index is 2.91. The zero-order chi connectivity index (χ0) is 13.8. The highest BCUT2D eigenvalue weighted by Gasteiger charge is 2.32. The molecule has 3 N–H and O–H groups in total. The van der Waals surface area contributed by atoms with Gasteiger partial charge >= 0.3 is 6.36 Å². The second-order valence-corrected chi connectivity index (χ2v) is 4.17. The van der Waals surface area contributed by atoms with Gasteiger partial charge in [0, 0.05) is 5.56 Å². The average Bonchev–Trinajstić information content (AvgIpc) is 2.21. The number of thiocarbonyl (C=S) groups is 1. The zero-order valence-electron chi connectivity index (χ0n) is 8.66. The molecular weight excluding hydrogens is 335 g/mol. The molecule has 98 valence electrons. The Bertz CT molecular complexity index is 479. The van der Waals surface area contributed by atoms with E-state index in [1.165, 1.54) is 24.4 Å². The molecule has 0 aliphatic heterocycles. The average molecular weight is 342 g/mol. The second-order valence-electron chi connectivity index (χ2n) is 2.94. The number of nitrogens with one attached hydrogen (secondary N) is 1. The van der Waals surface area contributed by atoms with Gasteiger partial charge < -0.3 is 10.5 Å². The highest BCUT2D eigenvalue weighted by molar-refractivity contribution is 9.10. The first-order valence-electron chi connectivity index (χ1n) is 4.42. The molecule has 0 spiro atoms.